The SMILES string of the molecule is O=C(NC1CCCC1C(=O)O)C1Cc2ccccc2CN1. The normalized spacial score (nSPS) is 27.9. The van der Waals surface area contributed by atoms with Crippen molar-refractivity contribution < 1.29 is 14.7 Å². The fourth-order valence-corrected chi connectivity index (χ4v) is 3.35. The zero-order valence-corrected chi connectivity index (χ0v) is 11.8. The Labute approximate surface area is 123 Å². The van der Waals surface area contributed by atoms with E-state index in [4.69, 9.17) is 0 Å². The van der Waals surface area contributed by atoms with Crippen LogP contribution in [-0.4, -0.2) is 29.1 Å². The number of nitrogens with one attached hydrogen (secondary N) is 2. The average molecular weight is 288 g/mol. The van der Waals surface area contributed by atoms with E-state index in [1.54, 1.807) is 0 Å². The van der Waals surface area contributed by atoms with E-state index in [1.165, 1.54) is 11.1 Å². The number of rotatable bonds is 3. The van der Waals surface area contributed by atoms with E-state index < -0.39 is 11.9 Å². The third-order valence-electron chi connectivity index (χ3n) is 4.56. The minimum atomic E-state index is -0.806. The molecule has 1 aromatic carbocycles. The van der Waals surface area contributed by atoms with Gasteiger partial charge in [-0.3, -0.25) is 9.59 Å². The minimum absolute atomic E-state index is 0.0809. The summed E-state index contributed by atoms with van der Waals surface area (Å²) in [5.74, 6) is -1.33. The number of hydrogen-bond donors (Lipinski definition) is 3. The lowest BCUT2D eigenvalue weighted by molar-refractivity contribution is -0.142. The molecule has 1 fully saturated rings. The molecule has 0 bridgehead atoms. The van der Waals surface area contributed by atoms with Gasteiger partial charge in [0.05, 0.1) is 12.0 Å². The molecule has 0 radical (unpaired) electrons. The zero-order valence-electron chi connectivity index (χ0n) is 11.8. The van der Waals surface area contributed by atoms with Gasteiger partial charge < -0.3 is 15.7 Å². The highest BCUT2D eigenvalue weighted by Crippen LogP contribution is 2.26. The van der Waals surface area contributed by atoms with Crippen LogP contribution < -0.4 is 10.6 Å². The zero-order chi connectivity index (χ0) is 14.8. The summed E-state index contributed by atoms with van der Waals surface area (Å²) < 4.78 is 0. The number of carboxylic acid groups (broad SMARTS) is 1. The second-order valence-electron chi connectivity index (χ2n) is 5.90. The highest BCUT2D eigenvalue weighted by atomic mass is 16.4. The first kappa shape index (κ1) is 14.1. The molecule has 5 heteroatoms. The lowest BCUT2D eigenvalue weighted by Gasteiger charge is -2.27. The van der Waals surface area contributed by atoms with Crippen molar-refractivity contribution in [3.05, 3.63) is 35.4 Å². The van der Waals surface area contributed by atoms with Crippen LogP contribution in [0.3, 0.4) is 0 Å². The molecule has 3 atom stereocenters. The van der Waals surface area contributed by atoms with E-state index >= 15 is 0 Å². The van der Waals surface area contributed by atoms with Gasteiger partial charge in [-0.1, -0.05) is 30.7 Å². The van der Waals surface area contributed by atoms with E-state index in [0.717, 1.165) is 12.8 Å². The third-order valence-corrected chi connectivity index (χ3v) is 4.56. The second-order valence-corrected chi connectivity index (χ2v) is 5.90. The van der Waals surface area contributed by atoms with Crippen molar-refractivity contribution in [2.45, 2.75) is 44.3 Å². The standard InChI is InChI=1S/C16H20N2O3/c19-15(18-13-7-3-6-12(13)16(20)21)14-8-10-4-1-2-5-11(10)9-17-14/h1-2,4-5,12-14,17H,3,6-9H2,(H,18,19)(H,20,21). The van der Waals surface area contributed by atoms with E-state index in [-0.39, 0.29) is 18.0 Å². The molecule has 21 heavy (non-hydrogen) atoms. The highest BCUT2D eigenvalue weighted by molar-refractivity contribution is 5.83. The van der Waals surface area contributed by atoms with Gasteiger partial charge in [0, 0.05) is 12.6 Å². The van der Waals surface area contributed by atoms with E-state index in [9.17, 15) is 14.7 Å². The van der Waals surface area contributed by atoms with Gasteiger partial charge in [-0.2, -0.15) is 0 Å². The number of carboxylic acids is 1. The Morgan fingerprint density at radius 1 is 1.19 bits per heavy atom. The Hall–Kier alpha value is -1.88. The molecule has 112 valence electrons. The van der Waals surface area contributed by atoms with Crippen molar-refractivity contribution in [3.63, 3.8) is 0 Å². The van der Waals surface area contributed by atoms with Crippen molar-refractivity contribution in [2.24, 2.45) is 5.92 Å². The van der Waals surface area contributed by atoms with Crippen LogP contribution in [0.4, 0.5) is 0 Å². The Morgan fingerprint density at radius 2 is 1.95 bits per heavy atom. The summed E-state index contributed by atoms with van der Waals surface area (Å²) in [5.41, 5.74) is 2.42. The summed E-state index contributed by atoms with van der Waals surface area (Å²) in [5, 5.41) is 15.3. The Kier molecular flexibility index (Phi) is 3.92. The molecule has 1 amide bonds. The van der Waals surface area contributed by atoms with Crippen LogP contribution in [0.25, 0.3) is 0 Å². The highest BCUT2D eigenvalue weighted by Gasteiger charge is 2.35. The molecule has 3 rings (SSSR count). The predicted octanol–water partition coefficient (Wildman–Crippen LogP) is 1.07. The second kappa shape index (κ2) is 5.85. The number of benzene rings is 1. The Morgan fingerprint density at radius 3 is 2.71 bits per heavy atom. The van der Waals surface area contributed by atoms with Crippen LogP contribution in [0.5, 0.6) is 0 Å². The summed E-state index contributed by atoms with van der Waals surface area (Å²) in [6.45, 7) is 0.682. The Balaban J connectivity index is 1.63. The number of hydrogen-bond acceptors (Lipinski definition) is 3. The lowest BCUT2D eigenvalue weighted by Crippen LogP contribution is -2.51. The van der Waals surface area contributed by atoms with Gasteiger partial charge >= 0.3 is 5.97 Å². The number of fused-ring (bicyclic) bond motifs is 1. The molecule has 1 heterocycles. The number of amides is 1. The van der Waals surface area contributed by atoms with Crippen LogP contribution in [0.15, 0.2) is 24.3 Å². The van der Waals surface area contributed by atoms with Crippen LogP contribution in [0.2, 0.25) is 0 Å². The van der Waals surface area contributed by atoms with Crippen LogP contribution >= 0.6 is 0 Å². The van der Waals surface area contributed by atoms with Gasteiger partial charge in [0.1, 0.15) is 0 Å². The molecule has 0 spiro atoms. The third kappa shape index (κ3) is 2.93. The van der Waals surface area contributed by atoms with Gasteiger partial charge in [-0.25, -0.2) is 0 Å². The van der Waals surface area contributed by atoms with Crippen LogP contribution in [0.1, 0.15) is 30.4 Å². The van der Waals surface area contributed by atoms with Crippen molar-refractivity contribution in [2.75, 3.05) is 0 Å². The molecular weight excluding hydrogens is 268 g/mol. The van der Waals surface area contributed by atoms with E-state index in [1.807, 2.05) is 18.2 Å². The van der Waals surface area contributed by atoms with Gasteiger partial charge in [0.25, 0.3) is 0 Å². The topological polar surface area (TPSA) is 78.4 Å². The van der Waals surface area contributed by atoms with Gasteiger partial charge in [0.15, 0.2) is 0 Å². The molecular formula is C16H20N2O3. The smallest absolute Gasteiger partial charge is 0.308 e. The van der Waals surface area contributed by atoms with Gasteiger partial charge in [-0.15, -0.1) is 0 Å². The first-order valence-electron chi connectivity index (χ1n) is 7.48. The van der Waals surface area contributed by atoms with Crippen molar-refractivity contribution in [3.8, 4) is 0 Å². The summed E-state index contributed by atoms with van der Waals surface area (Å²) in [6.07, 6.45) is 2.93. The van der Waals surface area contributed by atoms with Crippen LogP contribution in [-0.2, 0) is 22.6 Å². The molecule has 1 saturated carbocycles. The summed E-state index contributed by atoms with van der Waals surface area (Å²) >= 11 is 0. The average Bonchev–Trinajstić information content (AvgIpc) is 2.95. The molecule has 2 aliphatic rings. The maximum atomic E-state index is 12.4. The van der Waals surface area contributed by atoms with Crippen molar-refractivity contribution in [1.29, 1.82) is 0 Å². The largest absolute Gasteiger partial charge is 0.481 e. The van der Waals surface area contributed by atoms with E-state index in [2.05, 4.69) is 16.7 Å². The maximum Gasteiger partial charge on any atom is 0.308 e. The van der Waals surface area contributed by atoms with E-state index in [0.29, 0.717) is 19.4 Å². The quantitative estimate of drug-likeness (QED) is 0.777. The first-order valence-corrected chi connectivity index (χ1v) is 7.48. The molecule has 0 aromatic heterocycles. The monoisotopic (exact) mass is 288 g/mol. The van der Waals surface area contributed by atoms with Crippen molar-refractivity contribution in [1.82, 2.24) is 10.6 Å². The Bertz CT molecular complexity index is 558. The fourth-order valence-electron chi connectivity index (χ4n) is 3.35. The lowest BCUT2D eigenvalue weighted by atomic mass is 9.95. The van der Waals surface area contributed by atoms with Crippen LogP contribution in [0, 0.1) is 5.92 Å². The molecule has 3 N–H and O–H groups in total. The van der Waals surface area contributed by atoms with Gasteiger partial charge in [0.2, 0.25) is 5.91 Å². The predicted molar refractivity (Wildman–Crippen MR) is 77.7 cm³/mol. The molecule has 5 nitrogen and oxygen atoms in total. The first-order chi connectivity index (χ1) is 10.1. The summed E-state index contributed by atoms with van der Waals surface area (Å²) in [4.78, 5) is 23.5. The summed E-state index contributed by atoms with van der Waals surface area (Å²) in [6, 6.07) is 7.59. The number of aliphatic carboxylic acids is 1. The van der Waals surface area contributed by atoms with Crippen molar-refractivity contribution >= 4 is 11.9 Å². The summed E-state index contributed by atoms with van der Waals surface area (Å²) in [7, 11) is 0. The minimum Gasteiger partial charge on any atom is -0.481 e. The molecule has 0 saturated heterocycles. The molecule has 1 aliphatic carbocycles. The van der Waals surface area contributed by atoms with Gasteiger partial charge in [-0.05, 0) is 30.4 Å². The molecule has 1 aliphatic heterocycles. The fraction of sp³-hybridized carbons (Fsp3) is 0.500. The number of carbonyl (C=O) groups is 2. The molecule has 1 aromatic rings. The maximum absolute atomic E-state index is 12.4. The number of carbonyl (C=O) groups excluding carboxylic acids is 1. The molecule has 3 unspecified atom stereocenters.